The lowest BCUT2D eigenvalue weighted by Gasteiger charge is -2.34. The molecule has 0 aliphatic carbocycles. The summed E-state index contributed by atoms with van der Waals surface area (Å²) in [6.45, 7) is 3.96. The third-order valence-corrected chi connectivity index (χ3v) is 5.41. The smallest absolute Gasteiger partial charge is 0.337 e. The van der Waals surface area contributed by atoms with Crippen LogP contribution in [0, 0.1) is 0 Å². The molecular weight excluding hydrogens is 388 g/mol. The minimum Gasteiger partial charge on any atom is -0.508 e. The van der Waals surface area contributed by atoms with Crippen molar-refractivity contribution in [1.82, 2.24) is 10.6 Å². The largest absolute Gasteiger partial charge is 0.508 e. The van der Waals surface area contributed by atoms with Gasteiger partial charge < -0.3 is 15.2 Å². The van der Waals surface area contributed by atoms with Crippen LogP contribution in [0.4, 0.5) is 0 Å². The predicted octanol–water partition coefficient (Wildman–Crippen LogP) is 4.84. The number of nitrogens with one attached hydrogen (secondary N) is 2. The standard InChI is InChI=1S/C26H26N2O3/c1-3-31-26(30)24-17(2)27-23(28-25(24)19-10-5-4-6-11-19)16-22(29)21-14-13-18-9-7-8-12-20(18)15-21/h4-16,23,25,27-29H,3H2,1-2H3/b22-16-. The number of ether oxygens (including phenoxy) is 1. The van der Waals surface area contributed by atoms with Gasteiger partial charge in [0.05, 0.1) is 18.2 Å². The molecule has 0 saturated carbocycles. The summed E-state index contributed by atoms with van der Waals surface area (Å²) in [6, 6.07) is 23.3. The first kappa shape index (κ1) is 20.7. The van der Waals surface area contributed by atoms with E-state index in [1.165, 1.54) is 0 Å². The second-order valence-electron chi connectivity index (χ2n) is 7.51. The van der Waals surface area contributed by atoms with Gasteiger partial charge in [-0.05, 0) is 42.3 Å². The summed E-state index contributed by atoms with van der Waals surface area (Å²) < 4.78 is 5.29. The molecule has 0 amide bonds. The van der Waals surface area contributed by atoms with E-state index in [9.17, 15) is 9.90 Å². The van der Waals surface area contributed by atoms with Crippen molar-refractivity contribution in [1.29, 1.82) is 0 Å². The average Bonchev–Trinajstić information content (AvgIpc) is 2.79. The van der Waals surface area contributed by atoms with Crippen molar-refractivity contribution in [2.24, 2.45) is 0 Å². The molecule has 0 saturated heterocycles. The summed E-state index contributed by atoms with van der Waals surface area (Å²) in [5.41, 5.74) is 2.95. The molecule has 0 spiro atoms. The van der Waals surface area contributed by atoms with Crippen molar-refractivity contribution in [3.63, 3.8) is 0 Å². The molecule has 2 atom stereocenters. The number of carbonyl (C=O) groups is 1. The Hall–Kier alpha value is -3.57. The number of hydrogen-bond donors (Lipinski definition) is 3. The van der Waals surface area contributed by atoms with Crippen LogP contribution in [0.2, 0.25) is 0 Å². The highest BCUT2D eigenvalue weighted by Crippen LogP contribution is 2.29. The van der Waals surface area contributed by atoms with Gasteiger partial charge in [0.1, 0.15) is 11.9 Å². The first-order valence-corrected chi connectivity index (χ1v) is 10.4. The SMILES string of the molecule is CCOC(=O)C1=C(C)NC(/C=C(\O)c2ccc3ccccc3c2)NC1c1ccccc1. The second kappa shape index (κ2) is 9.06. The van der Waals surface area contributed by atoms with Gasteiger partial charge in [-0.15, -0.1) is 0 Å². The van der Waals surface area contributed by atoms with E-state index in [0.717, 1.165) is 27.6 Å². The summed E-state index contributed by atoms with van der Waals surface area (Å²) in [5.74, 6) is -0.190. The molecule has 1 aliphatic rings. The fraction of sp³-hybridized carbons (Fsp3) is 0.192. The minimum absolute atomic E-state index is 0.162. The Morgan fingerprint density at radius 1 is 1.03 bits per heavy atom. The number of aliphatic hydroxyl groups excluding tert-OH is 1. The van der Waals surface area contributed by atoms with Gasteiger partial charge in [-0.2, -0.15) is 0 Å². The Morgan fingerprint density at radius 2 is 1.74 bits per heavy atom. The van der Waals surface area contributed by atoms with Gasteiger partial charge in [-0.3, -0.25) is 5.32 Å². The van der Waals surface area contributed by atoms with E-state index in [0.29, 0.717) is 12.2 Å². The molecule has 3 N–H and O–H groups in total. The molecule has 2 unspecified atom stereocenters. The molecule has 3 aromatic carbocycles. The van der Waals surface area contributed by atoms with Crippen molar-refractivity contribution < 1.29 is 14.6 Å². The van der Waals surface area contributed by atoms with E-state index in [-0.39, 0.29) is 23.9 Å². The van der Waals surface area contributed by atoms with Crippen LogP contribution in [-0.4, -0.2) is 23.8 Å². The van der Waals surface area contributed by atoms with E-state index in [2.05, 4.69) is 10.6 Å². The zero-order valence-corrected chi connectivity index (χ0v) is 17.6. The summed E-state index contributed by atoms with van der Waals surface area (Å²) in [6.07, 6.45) is 1.36. The van der Waals surface area contributed by atoms with Crippen LogP contribution in [0.3, 0.4) is 0 Å². The van der Waals surface area contributed by atoms with Gasteiger partial charge in [0.2, 0.25) is 0 Å². The number of fused-ring (bicyclic) bond motifs is 1. The highest BCUT2D eigenvalue weighted by molar-refractivity contribution is 5.91. The highest BCUT2D eigenvalue weighted by atomic mass is 16.5. The molecule has 3 aromatic rings. The van der Waals surface area contributed by atoms with Crippen molar-refractivity contribution in [3.05, 3.63) is 101 Å². The molecule has 1 aliphatic heterocycles. The Kier molecular flexibility index (Phi) is 6.05. The van der Waals surface area contributed by atoms with Crippen molar-refractivity contribution in [2.45, 2.75) is 26.1 Å². The zero-order valence-electron chi connectivity index (χ0n) is 17.6. The maximum Gasteiger partial charge on any atom is 0.337 e. The number of benzene rings is 3. The van der Waals surface area contributed by atoms with Crippen molar-refractivity contribution in [2.75, 3.05) is 6.61 Å². The van der Waals surface area contributed by atoms with Crippen LogP contribution in [0.5, 0.6) is 0 Å². The molecular formula is C26H26N2O3. The lowest BCUT2D eigenvalue weighted by atomic mass is 9.94. The fourth-order valence-corrected chi connectivity index (χ4v) is 3.91. The van der Waals surface area contributed by atoms with Crippen LogP contribution in [-0.2, 0) is 9.53 Å². The number of hydrogen-bond acceptors (Lipinski definition) is 5. The van der Waals surface area contributed by atoms with E-state index in [1.54, 1.807) is 13.0 Å². The zero-order chi connectivity index (χ0) is 21.8. The van der Waals surface area contributed by atoms with Gasteiger partial charge in [0.25, 0.3) is 0 Å². The molecule has 0 bridgehead atoms. The third-order valence-electron chi connectivity index (χ3n) is 5.41. The number of esters is 1. The molecule has 5 nitrogen and oxygen atoms in total. The minimum atomic E-state index is -0.366. The van der Waals surface area contributed by atoms with Gasteiger partial charge >= 0.3 is 5.97 Å². The second-order valence-corrected chi connectivity index (χ2v) is 7.51. The molecule has 0 aromatic heterocycles. The summed E-state index contributed by atoms with van der Waals surface area (Å²) in [5, 5.41) is 19.7. The maximum absolute atomic E-state index is 12.6. The first-order valence-electron chi connectivity index (χ1n) is 10.4. The molecule has 1 heterocycles. The van der Waals surface area contributed by atoms with Gasteiger partial charge in [0, 0.05) is 11.3 Å². The number of aliphatic hydroxyl groups is 1. The third kappa shape index (κ3) is 4.47. The summed E-state index contributed by atoms with van der Waals surface area (Å²) in [7, 11) is 0. The molecule has 0 radical (unpaired) electrons. The van der Waals surface area contributed by atoms with Gasteiger partial charge in [0.15, 0.2) is 0 Å². The van der Waals surface area contributed by atoms with Crippen LogP contribution < -0.4 is 10.6 Å². The Bertz CT molecular complexity index is 1150. The van der Waals surface area contributed by atoms with Gasteiger partial charge in [-0.25, -0.2) is 4.79 Å². The lowest BCUT2D eigenvalue weighted by Crippen LogP contribution is -2.49. The topological polar surface area (TPSA) is 70.6 Å². The van der Waals surface area contributed by atoms with E-state index < -0.39 is 0 Å². The molecule has 4 rings (SSSR count). The van der Waals surface area contributed by atoms with E-state index in [4.69, 9.17) is 4.74 Å². The summed E-state index contributed by atoms with van der Waals surface area (Å²) in [4.78, 5) is 12.6. The Balaban J connectivity index is 1.66. The monoisotopic (exact) mass is 414 g/mol. The average molecular weight is 415 g/mol. The predicted molar refractivity (Wildman–Crippen MR) is 123 cm³/mol. The van der Waals surface area contributed by atoms with Crippen LogP contribution in [0.15, 0.2) is 90.1 Å². The molecule has 158 valence electrons. The Morgan fingerprint density at radius 3 is 2.48 bits per heavy atom. The maximum atomic E-state index is 12.6. The lowest BCUT2D eigenvalue weighted by molar-refractivity contribution is -0.139. The number of carbonyl (C=O) groups excluding carboxylic acids is 1. The molecule has 0 fully saturated rings. The molecule has 31 heavy (non-hydrogen) atoms. The van der Waals surface area contributed by atoms with Crippen LogP contribution in [0.1, 0.15) is 31.0 Å². The normalized spacial score (nSPS) is 19.2. The van der Waals surface area contributed by atoms with E-state index in [1.807, 2.05) is 79.7 Å². The van der Waals surface area contributed by atoms with Crippen LogP contribution >= 0.6 is 0 Å². The Labute approximate surface area is 182 Å². The quantitative estimate of drug-likeness (QED) is 0.412. The molecule has 5 heteroatoms. The van der Waals surface area contributed by atoms with Gasteiger partial charge in [-0.1, -0.05) is 66.7 Å². The number of rotatable bonds is 5. The fourth-order valence-electron chi connectivity index (χ4n) is 3.91. The van der Waals surface area contributed by atoms with Crippen molar-refractivity contribution in [3.8, 4) is 0 Å². The summed E-state index contributed by atoms with van der Waals surface area (Å²) >= 11 is 0. The highest BCUT2D eigenvalue weighted by Gasteiger charge is 2.32. The van der Waals surface area contributed by atoms with Crippen LogP contribution in [0.25, 0.3) is 16.5 Å². The number of allylic oxidation sites excluding steroid dienone is 1. The van der Waals surface area contributed by atoms with Crippen molar-refractivity contribution >= 4 is 22.5 Å². The first-order chi connectivity index (χ1) is 15.1. The van der Waals surface area contributed by atoms with E-state index >= 15 is 0 Å².